The van der Waals surface area contributed by atoms with Crippen LogP contribution in [-0.2, 0) is 0 Å². The molecule has 1 fully saturated rings. The van der Waals surface area contributed by atoms with Crippen LogP contribution in [0, 0.1) is 5.92 Å². The molecule has 3 rings (SSSR count). The monoisotopic (exact) mass is 286 g/mol. The zero-order chi connectivity index (χ0) is 14.8. The van der Waals surface area contributed by atoms with Gasteiger partial charge in [-0.1, -0.05) is 6.92 Å². The van der Waals surface area contributed by atoms with Gasteiger partial charge in [-0.15, -0.1) is 0 Å². The average Bonchev–Trinajstić information content (AvgIpc) is 3.01. The van der Waals surface area contributed by atoms with E-state index >= 15 is 0 Å². The Bertz CT molecular complexity index is 675. The summed E-state index contributed by atoms with van der Waals surface area (Å²) >= 11 is 0. The maximum atomic E-state index is 12.7. The van der Waals surface area contributed by atoms with Gasteiger partial charge in [-0.25, -0.2) is 0 Å². The molecule has 2 atom stereocenters. The summed E-state index contributed by atoms with van der Waals surface area (Å²) in [6.45, 7) is 2.81. The zero-order valence-corrected chi connectivity index (χ0v) is 11.9. The molecule has 5 heteroatoms. The summed E-state index contributed by atoms with van der Waals surface area (Å²) in [5.74, 6) is 1.07. The highest BCUT2D eigenvalue weighted by Crippen LogP contribution is 2.34. The summed E-state index contributed by atoms with van der Waals surface area (Å²) in [5.41, 5.74) is -0.164. The summed E-state index contributed by atoms with van der Waals surface area (Å²) in [6.07, 6.45) is 4.94. The number of furan rings is 1. The third-order valence-electron chi connectivity index (χ3n) is 4.05. The van der Waals surface area contributed by atoms with Gasteiger partial charge < -0.3 is 14.3 Å². The zero-order valence-electron chi connectivity index (χ0n) is 11.9. The number of amides is 1. The first-order chi connectivity index (χ1) is 10.2. The van der Waals surface area contributed by atoms with Crippen molar-refractivity contribution >= 4 is 5.91 Å². The lowest BCUT2D eigenvalue weighted by atomic mass is 9.90. The average molecular weight is 286 g/mol. The summed E-state index contributed by atoms with van der Waals surface area (Å²) in [6, 6.07) is 6.85. The molecule has 0 unspecified atom stereocenters. The first kappa shape index (κ1) is 13.7. The number of carbonyl (C=O) groups is 1. The molecule has 1 aliphatic rings. The molecule has 2 aromatic rings. The number of nitrogens with one attached hydrogen (secondary N) is 1. The number of H-pyrrole nitrogens is 1. The van der Waals surface area contributed by atoms with Gasteiger partial charge in [0.25, 0.3) is 11.5 Å². The summed E-state index contributed by atoms with van der Waals surface area (Å²) in [7, 11) is 0. The molecular formula is C16H18N2O3. The van der Waals surface area contributed by atoms with Crippen molar-refractivity contribution in [1.29, 1.82) is 0 Å². The van der Waals surface area contributed by atoms with Crippen LogP contribution < -0.4 is 5.56 Å². The Morgan fingerprint density at radius 3 is 2.95 bits per heavy atom. The minimum absolute atomic E-state index is 0.101. The van der Waals surface area contributed by atoms with Gasteiger partial charge in [0.2, 0.25) is 0 Å². The van der Waals surface area contributed by atoms with Crippen molar-refractivity contribution in [2.24, 2.45) is 5.92 Å². The number of nitrogens with zero attached hydrogens (tertiary/aromatic N) is 1. The molecule has 0 saturated carbocycles. The van der Waals surface area contributed by atoms with Gasteiger partial charge in [-0.2, -0.15) is 0 Å². The molecule has 1 amide bonds. The SMILES string of the molecule is C[C@@H]1CCN(C(=O)c2ccc[nH]c2=O)[C@H](c2ccco2)C1. The van der Waals surface area contributed by atoms with E-state index < -0.39 is 0 Å². The van der Waals surface area contributed by atoms with E-state index in [0.29, 0.717) is 12.5 Å². The van der Waals surface area contributed by atoms with E-state index in [1.807, 2.05) is 12.1 Å². The number of aromatic nitrogens is 1. The van der Waals surface area contributed by atoms with E-state index in [1.165, 1.54) is 6.20 Å². The smallest absolute Gasteiger partial charge is 0.260 e. The van der Waals surface area contributed by atoms with E-state index in [1.54, 1.807) is 23.3 Å². The van der Waals surface area contributed by atoms with Crippen molar-refractivity contribution < 1.29 is 9.21 Å². The quantitative estimate of drug-likeness (QED) is 0.922. The highest BCUT2D eigenvalue weighted by molar-refractivity contribution is 5.94. The van der Waals surface area contributed by atoms with Crippen LogP contribution >= 0.6 is 0 Å². The number of hydrogen-bond acceptors (Lipinski definition) is 3. The fourth-order valence-corrected chi connectivity index (χ4v) is 2.88. The van der Waals surface area contributed by atoms with Crippen molar-refractivity contribution in [3.63, 3.8) is 0 Å². The van der Waals surface area contributed by atoms with E-state index in [4.69, 9.17) is 4.42 Å². The molecule has 21 heavy (non-hydrogen) atoms. The first-order valence-electron chi connectivity index (χ1n) is 7.19. The molecule has 1 aliphatic heterocycles. The van der Waals surface area contributed by atoms with Crippen LogP contribution in [0.5, 0.6) is 0 Å². The van der Waals surface area contributed by atoms with Crippen molar-refractivity contribution in [2.75, 3.05) is 6.54 Å². The third kappa shape index (κ3) is 2.63. The van der Waals surface area contributed by atoms with E-state index in [9.17, 15) is 9.59 Å². The van der Waals surface area contributed by atoms with Crippen LogP contribution in [0.3, 0.4) is 0 Å². The van der Waals surface area contributed by atoms with E-state index in [-0.39, 0.29) is 23.1 Å². The summed E-state index contributed by atoms with van der Waals surface area (Å²) in [5, 5.41) is 0. The number of aromatic amines is 1. The lowest BCUT2D eigenvalue weighted by Crippen LogP contribution is -2.42. The number of likely N-dealkylation sites (tertiary alicyclic amines) is 1. The van der Waals surface area contributed by atoms with Crippen molar-refractivity contribution in [3.8, 4) is 0 Å². The molecule has 110 valence electrons. The highest BCUT2D eigenvalue weighted by Gasteiger charge is 2.33. The molecule has 5 nitrogen and oxygen atoms in total. The van der Waals surface area contributed by atoms with E-state index in [2.05, 4.69) is 11.9 Å². The Hall–Kier alpha value is -2.30. The fraction of sp³-hybridized carbons (Fsp3) is 0.375. The Morgan fingerprint density at radius 2 is 2.24 bits per heavy atom. The van der Waals surface area contributed by atoms with Crippen LogP contribution in [0.4, 0.5) is 0 Å². The normalized spacial score (nSPS) is 22.2. The summed E-state index contributed by atoms with van der Waals surface area (Å²) in [4.78, 5) is 28.8. The lowest BCUT2D eigenvalue weighted by Gasteiger charge is -2.37. The van der Waals surface area contributed by atoms with Gasteiger partial charge in [-0.05, 0) is 43.0 Å². The molecule has 0 aliphatic carbocycles. The van der Waals surface area contributed by atoms with Gasteiger partial charge >= 0.3 is 0 Å². The summed E-state index contributed by atoms with van der Waals surface area (Å²) < 4.78 is 5.49. The number of piperidine rings is 1. The molecule has 0 radical (unpaired) electrons. The molecule has 1 saturated heterocycles. The predicted octanol–water partition coefficient (Wildman–Crippen LogP) is 2.58. The Labute approximate surface area is 122 Å². The second-order valence-electron chi connectivity index (χ2n) is 5.57. The topological polar surface area (TPSA) is 66.3 Å². The van der Waals surface area contributed by atoms with Crippen LogP contribution in [0.2, 0.25) is 0 Å². The Kier molecular flexibility index (Phi) is 3.64. The first-order valence-corrected chi connectivity index (χ1v) is 7.19. The van der Waals surface area contributed by atoms with Crippen LogP contribution in [0.1, 0.15) is 41.9 Å². The third-order valence-corrected chi connectivity index (χ3v) is 4.05. The minimum Gasteiger partial charge on any atom is -0.467 e. The number of carbonyl (C=O) groups excluding carboxylic acids is 1. The van der Waals surface area contributed by atoms with Crippen LogP contribution in [0.15, 0.2) is 45.9 Å². The molecule has 1 N–H and O–H groups in total. The second-order valence-corrected chi connectivity index (χ2v) is 5.57. The maximum absolute atomic E-state index is 12.7. The van der Waals surface area contributed by atoms with Crippen LogP contribution in [0.25, 0.3) is 0 Å². The molecule has 0 aromatic carbocycles. The number of hydrogen-bond donors (Lipinski definition) is 1. The van der Waals surface area contributed by atoms with Gasteiger partial charge in [0.15, 0.2) is 0 Å². The molecule has 0 bridgehead atoms. The molecular weight excluding hydrogens is 268 g/mol. The van der Waals surface area contributed by atoms with Gasteiger partial charge in [-0.3, -0.25) is 9.59 Å². The Balaban J connectivity index is 1.93. The standard InChI is InChI=1S/C16H18N2O3/c1-11-6-8-18(13(10-11)14-5-3-9-21-14)16(20)12-4-2-7-17-15(12)19/h2-5,7,9,11,13H,6,8,10H2,1H3,(H,17,19)/t11-,13+/m1/s1. The molecule has 0 spiro atoms. The van der Waals surface area contributed by atoms with Crippen molar-refractivity contribution in [1.82, 2.24) is 9.88 Å². The lowest BCUT2D eigenvalue weighted by molar-refractivity contribution is 0.0519. The largest absolute Gasteiger partial charge is 0.467 e. The molecule has 2 aromatic heterocycles. The minimum atomic E-state index is -0.348. The predicted molar refractivity (Wildman–Crippen MR) is 77.9 cm³/mol. The Morgan fingerprint density at radius 1 is 1.38 bits per heavy atom. The maximum Gasteiger partial charge on any atom is 0.260 e. The van der Waals surface area contributed by atoms with Gasteiger partial charge in [0.1, 0.15) is 11.3 Å². The number of rotatable bonds is 2. The van der Waals surface area contributed by atoms with Gasteiger partial charge in [0, 0.05) is 12.7 Å². The van der Waals surface area contributed by atoms with Crippen molar-refractivity contribution in [3.05, 3.63) is 58.4 Å². The van der Waals surface area contributed by atoms with E-state index in [0.717, 1.165) is 18.6 Å². The second kappa shape index (κ2) is 5.60. The fourth-order valence-electron chi connectivity index (χ4n) is 2.88. The highest BCUT2D eigenvalue weighted by atomic mass is 16.3. The number of pyridine rings is 1. The van der Waals surface area contributed by atoms with Crippen molar-refractivity contribution in [2.45, 2.75) is 25.8 Å². The van der Waals surface area contributed by atoms with Crippen LogP contribution in [-0.4, -0.2) is 22.3 Å². The molecule has 3 heterocycles. The van der Waals surface area contributed by atoms with Gasteiger partial charge in [0.05, 0.1) is 12.3 Å².